The maximum Gasteiger partial charge on any atom is 0.365 e. The zero-order chi connectivity index (χ0) is 19.5. The number of hydrogen-bond acceptors (Lipinski definition) is 5. The van der Waals surface area contributed by atoms with Crippen LogP contribution in [0.1, 0.15) is 21.5 Å². The highest BCUT2D eigenvalue weighted by atomic mass is 16.7. The van der Waals surface area contributed by atoms with E-state index in [-0.39, 0.29) is 0 Å². The SMILES string of the molecule is Cc1ccc(C(=O)O/N=C\c2c(N3CCOCC3)n(C)c3ccccc23)cc1. The minimum Gasteiger partial charge on any atom is -0.378 e. The highest BCUT2D eigenvalue weighted by Gasteiger charge is 2.21. The van der Waals surface area contributed by atoms with Gasteiger partial charge in [0.1, 0.15) is 5.82 Å². The molecule has 0 aliphatic carbocycles. The lowest BCUT2D eigenvalue weighted by Gasteiger charge is -2.29. The van der Waals surface area contributed by atoms with Gasteiger partial charge in [-0.1, -0.05) is 41.1 Å². The number of nitrogens with zero attached hydrogens (tertiary/aromatic N) is 3. The molecule has 0 radical (unpaired) electrons. The lowest BCUT2D eigenvalue weighted by atomic mass is 10.1. The van der Waals surface area contributed by atoms with Crippen LogP contribution in [-0.2, 0) is 16.6 Å². The predicted molar refractivity (Wildman–Crippen MR) is 110 cm³/mol. The van der Waals surface area contributed by atoms with Gasteiger partial charge < -0.3 is 19.0 Å². The van der Waals surface area contributed by atoms with E-state index in [1.807, 2.05) is 38.2 Å². The first-order valence-electron chi connectivity index (χ1n) is 9.36. The van der Waals surface area contributed by atoms with E-state index in [1.165, 1.54) is 0 Å². The van der Waals surface area contributed by atoms with E-state index in [0.29, 0.717) is 18.8 Å². The van der Waals surface area contributed by atoms with Crippen molar-refractivity contribution in [1.82, 2.24) is 4.57 Å². The number of ether oxygens (including phenoxy) is 1. The molecule has 0 bridgehead atoms. The van der Waals surface area contributed by atoms with Crippen molar-refractivity contribution in [3.05, 3.63) is 65.2 Å². The second-order valence-electron chi connectivity index (χ2n) is 6.89. The Balaban J connectivity index is 1.64. The molecule has 1 saturated heterocycles. The number of aromatic nitrogens is 1. The number of anilines is 1. The molecule has 1 aliphatic rings. The van der Waals surface area contributed by atoms with Gasteiger partial charge in [-0.25, -0.2) is 4.79 Å². The monoisotopic (exact) mass is 377 g/mol. The van der Waals surface area contributed by atoms with E-state index in [4.69, 9.17) is 9.57 Å². The summed E-state index contributed by atoms with van der Waals surface area (Å²) in [5, 5.41) is 5.08. The highest BCUT2D eigenvalue weighted by molar-refractivity contribution is 6.05. The molecule has 2 heterocycles. The van der Waals surface area contributed by atoms with Gasteiger partial charge in [-0.3, -0.25) is 0 Å². The minimum absolute atomic E-state index is 0.468. The van der Waals surface area contributed by atoms with Crippen LogP contribution in [0.15, 0.2) is 53.7 Å². The Morgan fingerprint density at radius 3 is 2.57 bits per heavy atom. The van der Waals surface area contributed by atoms with Crippen LogP contribution in [0.25, 0.3) is 10.9 Å². The number of aryl methyl sites for hydroxylation is 2. The number of hydrogen-bond donors (Lipinski definition) is 0. The Bertz CT molecular complexity index is 1020. The van der Waals surface area contributed by atoms with Crippen LogP contribution in [0, 0.1) is 6.92 Å². The summed E-state index contributed by atoms with van der Waals surface area (Å²) in [7, 11) is 2.04. The molecule has 2 aromatic carbocycles. The van der Waals surface area contributed by atoms with Crippen LogP contribution < -0.4 is 4.90 Å². The molecule has 0 atom stereocenters. The Morgan fingerprint density at radius 1 is 1.11 bits per heavy atom. The molecular weight excluding hydrogens is 354 g/mol. The summed E-state index contributed by atoms with van der Waals surface area (Å²) < 4.78 is 7.65. The van der Waals surface area contributed by atoms with Gasteiger partial charge in [0.25, 0.3) is 0 Å². The summed E-state index contributed by atoms with van der Waals surface area (Å²) in [6.45, 7) is 4.99. The first-order chi connectivity index (χ1) is 13.6. The van der Waals surface area contributed by atoms with Crippen molar-refractivity contribution in [3.63, 3.8) is 0 Å². The standard InChI is InChI=1S/C22H23N3O3/c1-16-7-9-17(10-8-16)22(26)28-23-15-19-18-5-3-4-6-20(18)24(2)21(19)25-11-13-27-14-12-25/h3-10,15H,11-14H2,1-2H3/b23-15-. The van der Waals surface area contributed by atoms with E-state index >= 15 is 0 Å². The molecule has 3 aromatic rings. The smallest absolute Gasteiger partial charge is 0.365 e. The lowest BCUT2D eigenvalue weighted by Crippen LogP contribution is -2.37. The average molecular weight is 377 g/mol. The summed E-state index contributed by atoms with van der Waals surface area (Å²) in [6.07, 6.45) is 1.64. The third-order valence-corrected chi connectivity index (χ3v) is 5.03. The fourth-order valence-electron chi connectivity index (χ4n) is 3.56. The summed E-state index contributed by atoms with van der Waals surface area (Å²) in [6, 6.07) is 15.4. The van der Waals surface area contributed by atoms with Gasteiger partial charge in [0.05, 0.1) is 30.5 Å². The maximum atomic E-state index is 12.2. The van der Waals surface area contributed by atoms with Gasteiger partial charge >= 0.3 is 5.97 Å². The van der Waals surface area contributed by atoms with Crippen molar-refractivity contribution in [2.24, 2.45) is 12.2 Å². The van der Waals surface area contributed by atoms with Crippen molar-refractivity contribution in [2.75, 3.05) is 31.2 Å². The van der Waals surface area contributed by atoms with Gasteiger partial charge in [0.2, 0.25) is 0 Å². The van der Waals surface area contributed by atoms with Gasteiger partial charge in [0, 0.05) is 31.1 Å². The molecule has 6 heteroatoms. The second kappa shape index (κ2) is 7.86. The predicted octanol–water partition coefficient (Wildman–Crippen LogP) is 3.51. The summed E-state index contributed by atoms with van der Waals surface area (Å²) in [4.78, 5) is 19.7. The number of rotatable bonds is 4. The lowest BCUT2D eigenvalue weighted by molar-refractivity contribution is 0.0519. The van der Waals surface area contributed by atoms with Gasteiger partial charge in [-0.15, -0.1) is 0 Å². The topological polar surface area (TPSA) is 56.1 Å². The average Bonchev–Trinajstić information content (AvgIpc) is 3.01. The fraction of sp³-hybridized carbons (Fsp3) is 0.273. The van der Waals surface area contributed by atoms with Gasteiger partial charge in [0.15, 0.2) is 0 Å². The Morgan fingerprint density at radius 2 is 1.82 bits per heavy atom. The van der Waals surface area contributed by atoms with Crippen molar-refractivity contribution in [2.45, 2.75) is 6.92 Å². The minimum atomic E-state index is -0.468. The Kier molecular flexibility index (Phi) is 5.12. The van der Waals surface area contributed by atoms with Crippen LogP contribution in [0.3, 0.4) is 0 Å². The number of carbonyl (C=O) groups is 1. The summed E-state index contributed by atoms with van der Waals surface area (Å²) in [5.41, 5.74) is 3.62. The normalized spacial score (nSPS) is 14.7. The van der Waals surface area contributed by atoms with Crippen LogP contribution in [0.4, 0.5) is 5.82 Å². The zero-order valence-corrected chi connectivity index (χ0v) is 16.1. The van der Waals surface area contributed by atoms with Crippen molar-refractivity contribution >= 4 is 28.9 Å². The van der Waals surface area contributed by atoms with Crippen molar-refractivity contribution in [3.8, 4) is 0 Å². The van der Waals surface area contributed by atoms with E-state index in [9.17, 15) is 4.79 Å². The molecule has 1 fully saturated rings. The summed E-state index contributed by atoms with van der Waals surface area (Å²) in [5.74, 6) is 0.587. The zero-order valence-electron chi connectivity index (χ0n) is 16.1. The first kappa shape index (κ1) is 18.3. The maximum absolute atomic E-state index is 12.2. The molecule has 0 N–H and O–H groups in total. The van der Waals surface area contributed by atoms with Gasteiger partial charge in [-0.05, 0) is 25.1 Å². The highest BCUT2D eigenvalue weighted by Crippen LogP contribution is 2.31. The Hall–Kier alpha value is -3.12. The number of morpholine rings is 1. The molecule has 0 spiro atoms. The fourth-order valence-corrected chi connectivity index (χ4v) is 3.56. The molecule has 4 rings (SSSR count). The molecular formula is C22H23N3O3. The third kappa shape index (κ3) is 3.51. The number of oxime groups is 1. The number of fused-ring (bicyclic) bond motifs is 1. The van der Waals surface area contributed by atoms with Gasteiger partial charge in [-0.2, -0.15) is 0 Å². The summed E-state index contributed by atoms with van der Waals surface area (Å²) >= 11 is 0. The molecule has 0 unspecified atom stereocenters. The number of para-hydroxylation sites is 1. The molecule has 1 aliphatic heterocycles. The van der Waals surface area contributed by atoms with Crippen LogP contribution >= 0.6 is 0 Å². The molecule has 144 valence electrons. The van der Waals surface area contributed by atoms with Crippen molar-refractivity contribution < 1.29 is 14.4 Å². The van der Waals surface area contributed by atoms with Crippen LogP contribution in [0.5, 0.6) is 0 Å². The molecule has 28 heavy (non-hydrogen) atoms. The first-order valence-corrected chi connectivity index (χ1v) is 9.36. The van der Waals surface area contributed by atoms with E-state index < -0.39 is 5.97 Å². The van der Waals surface area contributed by atoms with E-state index in [1.54, 1.807) is 18.3 Å². The number of benzene rings is 2. The Labute approximate surface area is 164 Å². The van der Waals surface area contributed by atoms with Crippen LogP contribution in [0.2, 0.25) is 0 Å². The molecule has 6 nitrogen and oxygen atoms in total. The molecule has 0 amide bonds. The van der Waals surface area contributed by atoms with E-state index in [0.717, 1.165) is 40.9 Å². The molecule has 1 aromatic heterocycles. The van der Waals surface area contributed by atoms with Crippen molar-refractivity contribution in [1.29, 1.82) is 0 Å². The second-order valence-corrected chi connectivity index (χ2v) is 6.89. The quantitative estimate of drug-likeness (QED) is 0.397. The van der Waals surface area contributed by atoms with E-state index in [2.05, 4.69) is 26.8 Å². The molecule has 0 saturated carbocycles. The largest absolute Gasteiger partial charge is 0.378 e. The third-order valence-electron chi connectivity index (χ3n) is 5.03. The van der Waals surface area contributed by atoms with Crippen LogP contribution in [-0.4, -0.2) is 43.1 Å². The number of carbonyl (C=O) groups excluding carboxylic acids is 1.